The van der Waals surface area contributed by atoms with Crippen molar-refractivity contribution in [2.24, 2.45) is 11.5 Å². The fraction of sp³-hybridized carbons (Fsp3) is 0.647. The molecule has 1 fully saturated rings. The Labute approximate surface area is 138 Å². The third kappa shape index (κ3) is 5.48. The maximum Gasteiger partial charge on any atom is 0.246 e. The van der Waals surface area contributed by atoms with Crippen molar-refractivity contribution in [2.75, 3.05) is 20.7 Å². The van der Waals surface area contributed by atoms with Gasteiger partial charge >= 0.3 is 0 Å². The van der Waals surface area contributed by atoms with Crippen molar-refractivity contribution in [3.05, 3.63) is 22.8 Å². The summed E-state index contributed by atoms with van der Waals surface area (Å²) in [5.41, 5.74) is 12.7. The summed E-state index contributed by atoms with van der Waals surface area (Å²) in [6, 6.07) is -0.104. The standard InChI is InChI=1S/C17H29N3O3/c1-5-15(20(3)4)14(17(19)22)10-12(11(2)16(18)21)9-13-7-6-8-23-13/h10,13,15H,5-9H2,1-4H3,(H2,18,21)(H2,19,22)/b12-11-,14-10-. The lowest BCUT2D eigenvalue weighted by Gasteiger charge is -2.25. The quantitative estimate of drug-likeness (QED) is 0.516. The molecular weight excluding hydrogens is 294 g/mol. The number of ether oxygens (including phenoxy) is 1. The van der Waals surface area contributed by atoms with Gasteiger partial charge in [0.1, 0.15) is 0 Å². The van der Waals surface area contributed by atoms with Gasteiger partial charge in [0.25, 0.3) is 0 Å². The predicted molar refractivity (Wildman–Crippen MR) is 90.5 cm³/mol. The van der Waals surface area contributed by atoms with Crippen molar-refractivity contribution in [2.45, 2.75) is 51.7 Å². The Balaban J connectivity index is 3.23. The summed E-state index contributed by atoms with van der Waals surface area (Å²) in [6.45, 7) is 4.40. The summed E-state index contributed by atoms with van der Waals surface area (Å²) in [5, 5.41) is 0. The lowest BCUT2D eigenvalue weighted by Crippen LogP contribution is -2.35. The van der Waals surface area contributed by atoms with Gasteiger partial charge in [0.2, 0.25) is 11.8 Å². The van der Waals surface area contributed by atoms with Crippen LogP contribution < -0.4 is 11.5 Å². The van der Waals surface area contributed by atoms with E-state index in [-0.39, 0.29) is 12.1 Å². The molecule has 0 bridgehead atoms. The number of nitrogens with two attached hydrogens (primary N) is 2. The van der Waals surface area contributed by atoms with Crippen LogP contribution in [0.4, 0.5) is 0 Å². The largest absolute Gasteiger partial charge is 0.378 e. The summed E-state index contributed by atoms with van der Waals surface area (Å²) < 4.78 is 5.65. The third-order valence-corrected chi connectivity index (χ3v) is 4.31. The van der Waals surface area contributed by atoms with E-state index in [1.807, 2.05) is 25.9 Å². The second-order valence-electron chi connectivity index (χ2n) is 6.21. The molecular formula is C17H29N3O3. The Morgan fingerprint density at radius 2 is 1.96 bits per heavy atom. The monoisotopic (exact) mass is 323 g/mol. The van der Waals surface area contributed by atoms with Crippen LogP contribution in [0.25, 0.3) is 0 Å². The van der Waals surface area contributed by atoms with Crippen LogP contribution in [0.1, 0.15) is 39.5 Å². The van der Waals surface area contributed by atoms with E-state index in [0.717, 1.165) is 31.4 Å². The number of amides is 2. The average molecular weight is 323 g/mol. The van der Waals surface area contributed by atoms with E-state index in [4.69, 9.17) is 16.2 Å². The molecule has 0 aromatic heterocycles. The first-order chi connectivity index (χ1) is 10.8. The fourth-order valence-corrected chi connectivity index (χ4v) is 2.91. The molecule has 2 unspecified atom stereocenters. The van der Waals surface area contributed by atoms with Crippen molar-refractivity contribution in [1.82, 2.24) is 4.90 Å². The zero-order valence-electron chi connectivity index (χ0n) is 14.6. The summed E-state index contributed by atoms with van der Waals surface area (Å²) in [5.74, 6) is -0.969. The summed E-state index contributed by atoms with van der Waals surface area (Å²) in [6.07, 6.45) is 5.05. The Hall–Kier alpha value is -1.66. The van der Waals surface area contributed by atoms with E-state index in [0.29, 0.717) is 17.6 Å². The highest BCUT2D eigenvalue weighted by Gasteiger charge is 2.23. The number of likely N-dealkylation sites (N-methyl/N-ethyl adjacent to an activating group) is 1. The molecule has 1 rings (SSSR count). The molecule has 6 heteroatoms. The molecule has 4 N–H and O–H groups in total. The van der Waals surface area contributed by atoms with E-state index in [1.54, 1.807) is 13.0 Å². The third-order valence-electron chi connectivity index (χ3n) is 4.31. The van der Waals surface area contributed by atoms with Crippen LogP contribution in [0.2, 0.25) is 0 Å². The molecule has 0 saturated carbocycles. The highest BCUT2D eigenvalue weighted by atomic mass is 16.5. The molecule has 0 aromatic rings. The molecule has 23 heavy (non-hydrogen) atoms. The van der Waals surface area contributed by atoms with E-state index in [1.165, 1.54) is 0 Å². The Kier molecular flexibility index (Phi) is 7.45. The first-order valence-electron chi connectivity index (χ1n) is 8.06. The van der Waals surface area contributed by atoms with Gasteiger partial charge in [-0.15, -0.1) is 0 Å². The molecule has 1 aliphatic rings. The molecule has 2 amide bonds. The number of hydrogen-bond donors (Lipinski definition) is 2. The minimum absolute atomic E-state index is 0.0594. The fourth-order valence-electron chi connectivity index (χ4n) is 2.91. The van der Waals surface area contributed by atoms with Crippen LogP contribution in [0.5, 0.6) is 0 Å². The molecule has 1 heterocycles. The molecule has 1 saturated heterocycles. The average Bonchev–Trinajstić information content (AvgIpc) is 2.97. The predicted octanol–water partition coefficient (Wildman–Crippen LogP) is 1.11. The number of hydrogen-bond acceptors (Lipinski definition) is 4. The maximum absolute atomic E-state index is 11.9. The molecule has 0 aromatic carbocycles. The number of primary amides is 2. The minimum Gasteiger partial charge on any atom is -0.378 e. The second kappa shape index (κ2) is 8.84. The van der Waals surface area contributed by atoms with Crippen molar-refractivity contribution in [3.8, 4) is 0 Å². The van der Waals surface area contributed by atoms with Crippen LogP contribution in [-0.4, -0.2) is 49.6 Å². The summed E-state index contributed by atoms with van der Waals surface area (Å²) in [7, 11) is 3.80. The second-order valence-corrected chi connectivity index (χ2v) is 6.21. The van der Waals surface area contributed by atoms with E-state index < -0.39 is 11.8 Å². The molecule has 130 valence electrons. The zero-order valence-corrected chi connectivity index (χ0v) is 14.6. The number of allylic oxidation sites excluding steroid dienone is 1. The van der Waals surface area contributed by atoms with Gasteiger partial charge in [0.15, 0.2) is 0 Å². The number of carbonyl (C=O) groups is 2. The molecule has 2 atom stereocenters. The van der Waals surface area contributed by atoms with E-state index in [2.05, 4.69) is 0 Å². The van der Waals surface area contributed by atoms with Gasteiger partial charge in [-0.2, -0.15) is 0 Å². The first-order valence-corrected chi connectivity index (χ1v) is 8.06. The van der Waals surface area contributed by atoms with Crippen LogP contribution in [-0.2, 0) is 14.3 Å². The van der Waals surface area contributed by atoms with Crippen molar-refractivity contribution >= 4 is 11.8 Å². The van der Waals surface area contributed by atoms with Crippen LogP contribution in [0.15, 0.2) is 22.8 Å². The summed E-state index contributed by atoms with van der Waals surface area (Å²) in [4.78, 5) is 25.5. The minimum atomic E-state index is -0.490. The number of carbonyl (C=O) groups excluding carboxylic acids is 2. The van der Waals surface area contributed by atoms with Crippen LogP contribution in [0.3, 0.4) is 0 Å². The van der Waals surface area contributed by atoms with E-state index >= 15 is 0 Å². The molecule has 0 aliphatic carbocycles. The Bertz CT molecular complexity index is 503. The van der Waals surface area contributed by atoms with Gasteiger partial charge in [-0.3, -0.25) is 9.59 Å². The molecule has 0 radical (unpaired) electrons. The number of rotatable bonds is 8. The SMILES string of the molecule is CCC(/C(=C/C(CC1CCCO1)=C(/C)C(N)=O)C(N)=O)N(C)C. The van der Waals surface area contributed by atoms with E-state index in [9.17, 15) is 9.59 Å². The molecule has 0 spiro atoms. The van der Waals surface area contributed by atoms with Gasteiger partial charge < -0.3 is 21.1 Å². The Morgan fingerprint density at radius 1 is 1.30 bits per heavy atom. The van der Waals surface area contributed by atoms with Gasteiger partial charge in [-0.1, -0.05) is 6.92 Å². The molecule has 6 nitrogen and oxygen atoms in total. The highest BCUT2D eigenvalue weighted by Crippen LogP contribution is 2.25. The lowest BCUT2D eigenvalue weighted by molar-refractivity contribution is -0.115. The van der Waals surface area contributed by atoms with Crippen LogP contribution in [0, 0.1) is 0 Å². The van der Waals surface area contributed by atoms with Crippen molar-refractivity contribution in [3.63, 3.8) is 0 Å². The normalized spacial score (nSPS) is 21.3. The molecule has 1 aliphatic heterocycles. The van der Waals surface area contributed by atoms with Gasteiger partial charge in [0.05, 0.1) is 6.10 Å². The lowest BCUT2D eigenvalue weighted by atomic mass is 9.94. The van der Waals surface area contributed by atoms with Crippen molar-refractivity contribution < 1.29 is 14.3 Å². The maximum atomic E-state index is 11.9. The smallest absolute Gasteiger partial charge is 0.246 e. The van der Waals surface area contributed by atoms with Gasteiger partial charge in [-0.25, -0.2) is 0 Å². The highest BCUT2D eigenvalue weighted by molar-refractivity contribution is 5.96. The van der Waals surface area contributed by atoms with Gasteiger partial charge in [0, 0.05) is 23.8 Å². The van der Waals surface area contributed by atoms with Gasteiger partial charge in [-0.05, 0) is 58.4 Å². The number of nitrogens with zero attached hydrogens (tertiary/aromatic N) is 1. The summed E-state index contributed by atoms with van der Waals surface area (Å²) >= 11 is 0. The van der Waals surface area contributed by atoms with Crippen molar-refractivity contribution in [1.29, 1.82) is 0 Å². The van der Waals surface area contributed by atoms with Crippen LogP contribution >= 0.6 is 0 Å². The first kappa shape index (κ1) is 19.4. The zero-order chi connectivity index (χ0) is 17.6. The topological polar surface area (TPSA) is 98.6 Å². The Morgan fingerprint density at radius 3 is 2.35 bits per heavy atom.